The third kappa shape index (κ3) is 2.24. The SMILES string of the molecule is COC(C)(C)c1nnc(C(C)N)s1. The predicted molar refractivity (Wildman–Crippen MR) is 52.5 cm³/mol. The first kappa shape index (κ1) is 10.6. The molecular formula is C8H15N3OS. The minimum absolute atomic E-state index is 0.0566. The van der Waals surface area contributed by atoms with Crippen LogP contribution in [-0.4, -0.2) is 17.3 Å². The Bertz CT molecular complexity index is 283. The van der Waals surface area contributed by atoms with Gasteiger partial charge in [0.15, 0.2) is 0 Å². The molecule has 0 aliphatic heterocycles. The van der Waals surface area contributed by atoms with E-state index in [2.05, 4.69) is 10.2 Å². The van der Waals surface area contributed by atoms with Crippen LogP contribution >= 0.6 is 11.3 Å². The Kier molecular flexibility index (Phi) is 3.00. The van der Waals surface area contributed by atoms with Crippen LogP contribution in [0.5, 0.6) is 0 Å². The number of ether oxygens (including phenoxy) is 1. The zero-order valence-corrected chi connectivity index (χ0v) is 9.18. The van der Waals surface area contributed by atoms with Gasteiger partial charge in [-0.25, -0.2) is 0 Å². The quantitative estimate of drug-likeness (QED) is 0.803. The van der Waals surface area contributed by atoms with Crippen molar-refractivity contribution >= 4 is 11.3 Å². The zero-order valence-electron chi connectivity index (χ0n) is 8.37. The first-order valence-electron chi connectivity index (χ1n) is 4.12. The van der Waals surface area contributed by atoms with Crippen molar-refractivity contribution in [3.8, 4) is 0 Å². The summed E-state index contributed by atoms with van der Waals surface area (Å²) in [5.41, 5.74) is 5.31. The molecule has 1 atom stereocenters. The normalized spacial score (nSPS) is 14.5. The van der Waals surface area contributed by atoms with Crippen molar-refractivity contribution in [3.05, 3.63) is 10.0 Å². The lowest BCUT2D eigenvalue weighted by molar-refractivity contribution is 0.0185. The highest BCUT2D eigenvalue weighted by Gasteiger charge is 2.25. The van der Waals surface area contributed by atoms with Crippen LogP contribution in [0.1, 0.15) is 36.8 Å². The van der Waals surface area contributed by atoms with Crippen LogP contribution in [0.25, 0.3) is 0 Å². The fourth-order valence-corrected chi connectivity index (χ4v) is 1.63. The molecule has 13 heavy (non-hydrogen) atoms. The van der Waals surface area contributed by atoms with Gasteiger partial charge in [-0.2, -0.15) is 0 Å². The van der Waals surface area contributed by atoms with E-state index in [1.807, 2.05) is 20.8 Å². The maximum absolute atomic E-state index is 5.68. The molecule has 2 N–H and O–H groups in total. The van der Waals surface area contributed by atoms with Crippen molar-refractivity contribution in [1.82, 2.24) is 10.2 Å². The lowest BCUT2D eigenvalue weighted by Gasteiger charge is -2.18. The molecule has 74 valence electrons. The first-order chi connectivity index (χ1) is 5.97. The number of nitrogens with two attached hydrogens (primary N) is 1. The maximum atomic E-state index is 5.68. The molecule has 4 nitrogen and oxygen atoms in total. The summed E-state index contributed by atoms with van der Waals surface area (Å²) >= 11 is 1.50. The predicted octanol–water partition coefficient (Wildman–Crippen LogP) is 1.44. The molecule has 0 saturated heterocycles. The van der Waals surface area contributed by atoms with Crippen LogP contribution in [0.2, 0.25) is 0 Å². The van der Waals surface area contributed by atoms with Crippen LogP contribution in [-0.2, 0) is 10.3 Å². The molecule has 0 saturated carbocycles. The van der Waals surface area contributed by atoms with E-state index in [4.69, 9.17) is 10.5 Å². The van der Waals surface area contributed by atoms with Gasteiger partial charge in [0.1, 0.15) is 15.6 Å². The highest BCUT2D eigenvalue weighted by molar-refractivity contribution is 7.11. The third-order valence-electron chi connectivity index (χ3n) is 1.86. The van der Waals surface area contributed by atoms with Crippen LogP contribution < -0.4 is 5.73 Å². The Morgan fingerprint density at radius 1 is 1.46 bits per heavy atom. The fourth-order valence-electron chi connectivity index (χ4n) is 0.749. The van der Waals surface area contributed by atoms with Gasteiger partial charge in [0.2, 0.25) is 0 Å². The molecule has 1 aromatic heterocycles. The summed E-state index contributed by atoms with van der Waals surface area (Å²) in [5, 5.41) is 9.75. The second-order valence-electron chi connectivity index (χ2n) is 3.45. The average Bonchev–Trinajstić information content (AvgIpc) is 2.52. The minimum Gasteiger partial charge on any atom is -0.372 e. The zero-order chi connectivity index (χ0) is 10.1. The van der Waals surface area contributed by atoms with E-state index in [1.54, 1.807) is 7.11 Å². The summed E-state index contributed by atoms with van der Waals surface area (Å²) in [6, 6.07) is -0.0566. The van der Waals surface area contributed by atoms with Crippen LogP contribution in [0.3, 0.4) is 0 Å². The lowest BCUT2D eigenvalue weighted by Crippen LogP contribution is -2.18. The average molecular weight is 201 g/mol. The summed E-state index contributed by atoms with van der Waals surface area (Å²) in [5.74, 6) is 0. The molecule has 0 spiro atoms. The Labute approximate surface area is 82.1 Å². The summed E-state index contributed by atoms with van der Waals surface area (Å²) in [6.45, 7) is 5.81. The highest BCUT2D eigenvalue weighted by atomic mass is 32.1. The van der Waals surface area contributed by atoms with Crippen molar-refractivity contribution < 1.29 is 4.74 Å². The van der Waals surface area contributed by atoms with Crippen LogP contribution in [0, 0.1) is 0 Å². The Morgan fingerprint density at radius 2 is 2.08 bits per heavy atom. The van der Waals surface area contributed by atoms with Crippen molar-refractivity contribution in [1.29, 1.82) is 0 Å². The van der Waals surface area contributed by atoms with Gasteiger partial charge in [-0.05, 0) is 20.8 Å². The van der Waals surface area contributed by atoms with E-state index in [1.165, 1.54) is 11.3 Å². The van der Waals surface area contributed by atoms with Gasteiger partial charge in [0, 0.05) is 7.11 Å². The van der Waals surface area contributed by atoms with E-state index in [0.717, 1.165) is 10.0 Å². The molecule has 0 bridgehead atoms. The highest BCUT2D eigenvalue weighted by Crippen LogP contribution is 2.28. The third-order valence-corrected chi connectivity index (χ3v) is 3.28. The first-order valence-corrected chi connectivity index (χ1v) is 4.93. The molecule has 1 unspecified atom stereocenters. The largest absolute Gasteiger partial charge is 0.372 e. The van der Waals surface area contributed by atoms with E-state index in [0.29, 0.717) is 0 Å². The summed E-state index contributed by atoms with van der Waals surface area (Å²) in [6.07, 6.45) is 0. The second-order valence-corrected chi connectivity index (χ2v) is 4.46. The number of hydrogen-bond acceptors (Lipinski definition) is 5. The Morgan fingerprint density at radius 3 is 2.46 bits per heavy atom. The molecular weight excluding hydrogens is 186 g/mol. The smallest absolute Gasteiger partial charge is 0.148 e. The molecule has 5 heteroatoms. The molecule has 0 fully saturated rings. The van der Waals surface area contributed by atoms with Gasteiger partial charge < -0.3 is 10.5 Å². The van der Waals surface area contributed by atoms with Gasteiger partial charge in [-0.15, -0.1) is 10.2 Å². The van der Waals surface area contributed by atoms with E-state index in [9.17, 15) is 0 Å². The van der Waals surface area contributed by atoms with Crippen molar-refractivity contribution in [2.45, 2.75) is 32.4 Å². The molecule has 1 rings (SSSR count). The topological polar surface area (TPSA) is 61.0 Å². The Balaban J connectivity index is 2.91. The molecule has 1 aromatic rings. The maximum Gasteiger partial charge on any atom is 0.148 e. The minimum atomic E-state index is -0.370. The van der Waals surface area contributed by atoms with E-state index < -0.39 is 0 Å². The van der Waals surface area contributed by atoms with E-state index in [-0.39, 0.29) is 11.6 Å². The van der Waals surface area contributed by atoms with Crippen LogP contribution in [0.4, 0.5) is 0 Å². The summed E-state index contributed by atoms with van der Waals surface area (Å²) in [7, 11) is 1.66. The molecule has 0 aromatic carbocycles. The summed E-state index contributed by atoms with van der Waals surface area (Å²) in [4.78, 5) is 0. The molecule has 0 aliphatic rings. The number of methoxy groups -OCH3 is 1. The number of aromatic nitrogens is 2. The second kappa shape index (κ2) is 3.69. The van der Waals surface area contributed by atoms with Gasteiger partial charge in [0.05, 0.1) is 6.04 Å². The van der Waals surface area contributed by atoms with Gasteiger partial charge in [-0.1, -0.05) is 11.3 Å². The standard InChI is InChI=1S/C8H15N3OS/c1-5(9)6-10-11-7(13-6)8(2,3)12-4/h5H,9H2,1-4H3. The van der Waals surface area contributed by atoms with Gasteiger partial charge in [-0.3, -0.25) is 0 Å². The fraction of sp³-hybridized carbons (Fsp3) is 0.750. The van der Waals surface area contributed by atoms with Gasteiger partial charge in [0.25, 0.3) is 0 Å². The van der Waals surface area contributed by atoms with Crippen LogP contribution in [0.15, 0.2) is 0 Å². The molecule has 0 radical (unpaired) electrons. The number of nitrogens with zero attached hydrogens (tertiary/aromatic N) is 2. The van der Waals surface area contributed by atoms with Gasteiger partial charge >= 0.3 is 0 Å². The molecule has 0 aliphatic carbocycles. The number of rotatable bonds is 3. The lowest BCUT2D eigenvalue weighted by atomic mass is 10.1. The van der Waals surface area contributed by atoms with E-state index >= 15 is 0 Å². The monoisotopic (exact) mass is 201 g/mol. The summed E-state index contributed by atoms with van der Waals surface area (Å²) < 4.78 is 5.28. The Hall–Kier alpha value is -0.520. The van der Waals surface area contributed by atoms with Crippen molar-refractivity contribution in [2.75, 3.05) is 7.11 Å². The van der Waals surface area contributed by atoms with Crippen molar-refractivity contribution in [2.24, 2.45) is 5.73 Å². The number of hydrogen-bond donors (Lipinski definition) is 1. The van der Waals surface area contributed by atoms with Crippen molar-refractivity contribution in [3.63, 3.8) is 0 Å². The molecule has 0 amide bonds. The molecule has 1 heterocycles.